The Bertz CT molecular complexity index is 478. The van der Waals surface area contributed by atoms with Crippen molar-refractivity contribution in [3.05, 3.63) is 0 Å². The Hall–Kier alpha value is -1.06. The maximum atomic E-state index is 12.8. The molecule has 134 valence electrons. The normalized spacial score (nSPS) is 36.2. The fraction of sp³-hybridized carbons (Fsp3) is 0.900. The highest BCUT2D eigenvalue weighted by Gasteiger charge is 2.42. The Labute approximate surface area is 145 Å². The molecule has 3 aliphatic carbocycles. The number of nitrogens with one attached hydrogen (secondary N) is 1. The average molecular weight is 332 g/mol. The molecule has 4 aliphatic rings. The zero-order valence-corrected chi connectivity index (χ0v) is 14.8. The molecule has 0 aromatic rings. The van der Waals surface area contributed by atoms with Crippen molar-refractivity contribution in [1.82, 2.24) is 10.2 Å². The van der Waals surface area contributed by atoms with Gasteiger partial charge in [0.2, 0.25) is 11.8 Å². The van der Waals surface area contributed by atoms with Gasteiger partial charge in [0, 0.05) is 31.0 Å². The van der Waals surface area contributed by atoms with Gasteiger partial charge in [0.25, 0.3) is 0 Å². The summed E-state index contributed by atoms with van der Waals surface area (Å²) in [5.74, 6) is 2.28. The Morgan fingerprint density at radius 2 is 1.67 bits per heavy atom. The van der Waals surface area contributed by atoms with Crippen LogP contribution in [0.2, 0.25) is 0 Å². The zero-order valence-electron chi connectivity index (χ0n) is 14.8. The first-order valence-corrected chi connectivity index (χ1v) is 10.3. The van der Waals surface area contributed by atoms with E-state index in [0.717, 1.165) is 44.6 Å². The van der Waals surface area contributed by atoms with Crippen molar-refractivity contribution in [2.24, 2.45) is 17.8 Å². The highest BCUT2D eigenvalue weighted by atomic mass is 16.2. The quantitative estimate of drug-likeness (QED) is 0.859. The van der Waals surface area contributed by atoms with E-state index in [2.05, 4.69) is 10.2 Å². The first kappa shape index (κ1) is 16.4. The molecule has 2 amide bonds. The molecule has 4 rings (SSSR count). The molecule has 0 aromatic carbocycles. The highest BCUT2D eigenvalue weighted by molar-refractivity contribution is 5.80. The third kappa shape index (κ3) is 3.48. The van der Waals surface area contributed by atoms with E-state index in [1.54, 1.807) is 0 Å². The molecule has 2 atom stereocenters. The predicted molar refractivity (Wildman–Crippen MR) is 93.3 cm³/mol. The molecule has 1 N–H and O–H groups in total. The van der Waals surface area contributed by atoms with E-state index in [9.17, 15) is 9.59 Å². The molecule has 3 saturated carbocycles. The van der Waals surface area contributed by atoms with E-state index in [0.29, 0.717) is 23.9 Å². The molecule has 2 bridgehead atoms. The summed E-state index contributed by atoms with van der Waals surface area (Å²) in [4.78, 5) is 27.2. The van der Waals surface area contributed by atoms with Crippen molar-refractivity contribution in [3.8, 4) is 0 Å². The number of piperidine rings is 1. The lowest BCUT2D eigenvalue weighted by atomic mass is 9.84. The molecular formula is C20H32N2O2. The van der Waals surface area contributed by atoms with Crippen LogP contribution in [-0.4, -0.2) is 35.3 Å². The summed E-state index contributed by atoms with van der Waals surface area (Å²) in [6.45, 7) is 1.02. The van der Waals surface area contributed by atoms with Crippen molar-refractivity contribution in [1.29, 1.82) is 0 Å². The van der Waals surface area contributed by atoms with Gasteiger partial charge in [0.15, 0.2) is 0 Å². The molecular weight excluding hydrogens is 300 g/mol. The predicted octanol–water partition coefficient (Wildman–Crippen LogP) is 3.25. The van der Waals surface area contributed by atoms with Crippen molar-refractivity contribution in [2.75, 3.05) is 6.54 Å². The number of rotatable bonds is 4. The van der Waals surface area contributed by atoms with Gasteiger partial charge in [-0.25, -0.2) is 0 Å². The number of carbonyl (C=O) groups is 2. The minimum absolute atomic E-state index is 0.215. The first-order chi connectivity index (χ1) is 11.7. The standard InChI is InChI=1S/C20H32N2O2/c23-19(12-14-3-1-2-4-14)21-17-8-6-16(7-9-17)20(24)22-13-15-5-10-18(22)11-15/h14-18H,1-13H2,(H,21,23)/t15-,16?,17?,18-/m0/s1. The second kappa shape index (κ2) is 7.05. The lowest BCUT2D eigenvalue weighted by Crippen LogP contribution is -2.44. The van der Waals surface area contributed by atoms with E-state index in [1.807, 2.05) is 0 Å². The van der Waals surface area contributed by atoms with E-state index >= 15 is 0 Å². The van der Waals surface area contributed by atoms with Crippen LogP contribution in [0.15, 0.2) is 0 Å². The largest absolute Gasteiger partial charge is 0.353 e. The summed E-state index contributed by atoms with van der Waals surface area (Å²) >= 11 is 0. The number of likely N-dealkylation sites (tertiary alicyclic amines) is 1. The monoisotopic (exact) mass is 332 g/mol. The summed E-state index contributed by atoms with van der Waals surface area (Å²) < 4.78 is 0. The number of hydrogen-bond donors (Lipinski definition) is 1. The van der Waals surface area contributed by atoms with Gasteiger partial charge in [-0.2, -0.15) is 0 Å². The van der Waals surface area contributed by atoms with Crippen LogP contribution in [0.5, 0.6) is 0 Å². The molecule has 1 aliphatic heterocycles. The number of hydrogen-bond acceptors (Lipinski definition) is 2. The van der Waals surface area contributed by atoms with Crippen molar-refractivity contribution < 1.29 is 9.59 Å². The van der Waals surface area contributed by atoms with Gasteiger partial charge in [-0.3, -0.25) is 9.59 Å². The fourth-order valence-electron chi connectivity index (χ4n) is 5.68. The lowest BCUT2D eigenvalue weighted by Gasteiger charge is -2.34. The van der Waals surface area contributed by atoms with Crippen molar-refractivity contribution in [3.63, 3.8) is 0 Å². The Morgan fingerprint density at radius 3 is 2.29 bits per heavy atom. The van der Waals surface area contributed by atoms with E-state index in [-0.39, 0.29) is 11.8 Å². The van der Waals surface area contributed by atoms with Gasteiger partial charge >= 0.3 is 0 Å². The van der Waals surface area contributed by atoms with Gasteiger partial charge in [0.05, 0.1) is 0 Å². The topological polar surface area (TPSA) is 49.4 Å². The minimum Gasteiger partial charge on any atom is -0.353 e. The SMILES string of the molecule is O=C(CC1CCCC1)NC1CCC(C(=O)N2C[C@H]3CC[C@H]2C3)CC1. The van der Waals surface area contributed by atoms with E-state index < -0.39 is 0 Å². The van der Waals surface area contributed by atoms with Crippen molar-refractivity contribution >= 4 is 11.8 Å². The summed E-state index contributed by atoms with van der Waals surface area (Å²) in [5.41, 5.74) is 0. The van der Waals surface area contributed by atoms with Crippen LogP contribution < -0.4 is 5.32 Å². The molecule has 4 heteroatoms. The molecule has 1 saturated heterocycles. The van der Waals surface area contributed by atoms with Gasteiger partial charge in [-0.15, -0.1) is 0 Å². The second-order valence-corrected chi connectivity index (χ2v) is 8.79. The number of nitrogens with zero attached hydrogens (tertiary/aromatic N) is 1. The first-order valence-electron chi connectivity index (χ1n) is 10.3. The van der Waals surface area contributed by atoms with Crippen LogP contribution in [0.3, 0.4) is 0 Å². The van der Waals surface area contributed by atoms with Crippen LogP contribution in [0, 0.1) is 17.8 Å². The van der Waals surface area contributed by atoms with E-state index in [4.69, 9.17) is 0 Å². The molecule has 0 unspecified atom stereocenters. The van der Waals surface area contributed by atoms with Gasteiger partial charge in [-0.1, -0.05) is 12.8 Å². The van der Waals surface area contributed by atoms with Crippen LogP contribution in [0.4, 0.5) is 0 Å². The number of fused-ring (bicyclic) bond motifs is 2. The van der Waals surface area contributed by atoms with Gasteiger partial charge in [0.1, 0.15) is 0 Å². The Kier molecular flexibility index (Phi) is 4.82. The van der Waals surface area contributed by atoms with E-state index in [1.165, 1.54) is 44.9 Å². The zero-order chi connectivity index (χ0) is 16.5. The third-order valence-electron chi connectivity index (χ3n) is 7.08. The highest BCUT2D eigenvalue weighted by Crippen LogP contribution is 2.39. The van der Waals surface area contributed by atoms with Gasteiger partial charge in [-0.05, 0) is 69.6 Å². The minimum atomic E-state index is 0.215. The fourth-order valence-corrected chi connectivity index (χ4v) is 5.68. The Morgan fingerprint density at radius 1 is 0.917 bits per heavy atom. The van der Waals surface area contributed by atoms with Crippen LogP contribution >= 0.6 is 0 Å². The molecule has 24 heavy (non-hydrogen) atoms. The van der Waals surface area contributed by atoms with Crippen LogP contribution in [0.25, 0.3) is 0 Å². The summed E-state index contributed by atoms with van der Waals surface area (Å²) in [6, 6.07) is 0.851. The second-order valence-electron chi connectivity index (χ2n) is 8.79. The van der Waals surface area contributed by atoms with Crippen molar-refractivity contribution in [2.45, 2.75) is 89.1 Å². The molecule has 4 fully saturated rings. The molecule has 0 spiro atoms. The molecule has 4 nitrogen and oxygen atoms in total. The third-order valence-corrected chi connectivity index (χ3v) is 7.08. The summed E-state index contributed by atoms with van der Waals surface area (Å²) in [6.07, 6.45) is 13.4. The maximum absolute atomic E-state index is 12.8. The summed E-state index contributed by atoms with van der Waals surface area (Å²) in [7, 11) is 0. The molecule has 1 heterocycles. The molecule has 0 aromatic heterocycles. The smallest absolute Gasteiger partial charge is 0.225 e. The van der Waals surface area contributed by atoms with Crippen LogP contribution in [-0.2, 0) is 9.59 Å². The maximum Gasteiger partial charge on any atom is 0.225 e. The number of amides is 2. The molecule has 0 radical (unpaired) electrons. The van der Waals surface area contributed by atoms with Gasteiger partial charge < -0.3 is 10.2 Å². The summed E-state index contributed by atoms with van der Waals surface area (Å²) in [5, 5.41) is 3.24. The Balaban J connectivity index is 1.20. The number of carbonyl (C=O) groups excluding carboxylic acids is 2. The average Bonchev–Trinajstić information content (AvgIpc) is 3.32. The lowest BCUT2D eigenvalue weighted by molar-refractivity contribution is -0.138. The van der Waals surface area contributed by atoms with Crippen LogP contribution in [0.1, 0.15) is 77.0 Å².